The van der Waals surface area contributed by atoms with Gasteiger partial charge in [-0.05, 0) is 31.5 Å². The summed E-state index contributed by atoms with van der Waals surface area (Å²) in [6.45, 7) is 4.08. The molecule has 1 aliphatic heterocycles. The van der Waals surface area contributed by atoms with Crippen molar-refractivity contribution >= 4 is 11.3 Å². The van der Waals surface area contributed by atoms with E-state index in [1.807, 2.05) is 11.5 Å². The van der Waals surface area contributed by atoms with Crippen molar-refractivity contribution in [3.8, 4) is 10.8 Å². The molecule has 4 rings (SSSR count). The third-order valence-electron chi connectivity index (χ3n) is 4.87. The van der Waals surface area contributed by atoms with Gasteiger partial charge in [0.2, 0.25) is 0 Å². The van der Waals surface area contributed by atoms with Gasteiger partial charge in [0.15, 0.2) is 16.7 Å². The van der Waals surface area contributed by atoms with Gasteiger partial charge in [0, 0.05) is 24.2 Å². The van der Waals surface area contributed by atoms with E-state index in [9.17, 15) is 17.6 Å². The molecule has 0 N–H and O–H groups in total. The number of fused-ring (bicyclic) bond motifs is 1. The predicted molar refractivity (Wildman–Crippen MR) is 96.2 cm³/mol. The number of hydrogen-bond acceptors (Lipinski definition) is 5. The SMILES string of the molecule is Cc1cnc(-c2nnc3n2CCN(C(c2ccc(F)cc2)C(F)(F)F)[C@@H]3C)s1. The van der Waals surface area contributed by atoms with Crippen LogP contribution >= 0.6 is 11.3 Å². The molecule has 0 saturated heterocycles. The number of nitrogens with zero attached hydrogens (tertiary/aromatic N) is 5. The molecule has 3 aromatic rings. The Hall–Kier alpha value is -2.33. The molecule has 3 heterocycles. The van der Waals surface area contributed by atoms with Crippen LogP contribution in [0.15, 0.2) is 30.5 Å². The third-order valence-corrected chi connectivity index (χ3v) is 5.78. The van der Waals surface area contributed by atoms with E-state index in [0.717, 1.165) is 17.0 Å². The zero-order chi connectivity index (χ0) is 20.1. The Labute approximate surface area is 162 Å². The van der Waals surface area contributed by atoms with Crippen LogP contribution in [0.25, 0.3) is 10.8 Å². The molecule has 2 aromatic heterocycles. The average Bonchev–Trinajstić information content (AvgIpc) is 3.24. The molecule has 0 amide bonds. The van der Waals surface area contributed by atoms with Crippen LogP contribution in [0.2, 0.25) is 0 Å². The maximum Gasteiger partial charge on any atom is 0.408 e. The highest BCUT2D eigenvalue weighted by atomic mass is 32.1. The fourth-order valence-corrected chi connectivity index (χ4v) is 4.34. The van der Waals surface area contributed by atoms with Crippen LogP contribution in [0, 0.1) is 12.7 Å². The molecule has 1 aromatic carbocycles. The smallest absolute Gasteiger partial charge is 0.306 e. The minimum Gasteiger partial charge on any atom is -0.306 e. The first-order valence-electron chi connectivity index (χ1n) is 8.69. The summed E-state index contributed by atoms with van der Waals surface area (Å²) in [6.07, 6.45) is -2.78. The van der Waals surface area contributed by atoms with E-state index in [1.54, 1.807) is 13.1 Å². The Bertz CT molecular complexity index is 979. The predicted octanol–water partition coefficient (Wildman–Crippen LogP) is 4.53. The summed E-state index contributed by atoms with van der Waals surface area (Å²) in [5.41, 5.74) is 0.00415. The number of benzene rings is 1. The normalized spacial score (nSPS) is 18.9. The Kier molecular flexibility index (Phi) is 4.70. The summed E-state index contributed by atoms with van der Waals surface area (Å²) >= 11 is 1.47. The second-order valence-corrected chi connectivity index (χ2v) is 7.95. The van der Waals surface area contributed by atoms with E-state index in [4.69, 9.17) is 0 Å². The first kappa shape index (κ1) is 19.0. The topological polar surface area (TPSA) is 46.8 Å². The van der Waals surface area contributed by atoms with E-state index in [0.29, 0.717) is 23.2 Å². The zero-order valence-electron chi connectivity index (χ0n) is 15.1. The molecule has 0 spiro atoms. The molecule has 1 aliphatic rings. The lowest BCUT2D eigenvalue weighted by atomic mass is 10.0. The molecule has 10 heteroatoms. The summed E-state index contributed by atoms with van der Waals surface area (Å²) < 4.78 is 56.8. The molecule has 1 unspecified atom stereocenters. The summed E-state index contributed by atoms with van der Waals surface area (Å²) in [7, 11) is 0. The highest BCUT2D eigenvalue weighted by Gasteiger charge is 2.48. The number of rotatable bonds is 3. The first-order chi connectivity index (χ1) is 13.3. The van der Waals surface area contributed by atoms with Crippen LogP contribution in [-0.4, -0.2) is 37.4 Å². The lowest BCUT2D eigenvalue weighted by molar-refractivity contribution is -0.195. The van der Waals surface area contributed by atoms with Gasteiger partial charge in [-0.15, -0.1) is 21.5 Å². The van der Waals surface area contributed by atoms with Crippen LogP contribution in [0.1, 0.15) is 35.3 Å². The van der Waals surface area contributed by atoms with E-state index < -0.39 is 24.1 Å². The maximum absolute atomic E-state index is 13.9. The van der Waals surface area contributed by atoms with Crippen molar-refractivity contribution in [3.05, 3.63) is 52.5 Å². The molecule has 0 saturated carbocycles. The average molecular weight is 411 g/mol. The van der Waals surface area contributed by atoms with Crippen molar-refractivity contribution in [1.29, 1.82) is 0 Å². The third kappa shape index (κ3) is 3.30. The molecule has 148 valence electrons. The van der Waals surface area contributed by atoms with Gasteiger partial charge < -0.3 is 4.57 Å². The van der Waals surface area contributed by atoms with E-state index in [-0.39, 0.29) is 12.1 Å². The highest BCUT2D eigenvalue weighted by molar-refractivity contribution is 7.14. The summed E-state index contributed by atoms with van der Waals surface area (Å²) in [5, 5.41) is 9.03. The summed E-state index contributed by atoms with van der Waals surface area (Å²) in [4.78, 5) is 6.67. The van der Waals surface area contributed by atoms with Crippen LogP contribution < -0.4 is 0 Å². The number of halogens is 4. The van der Waals surface area contributed by atoms with Gasteiger partial charge in [0.05, 0.1) is 6.04 Å². The van der Waals surface area contributed by atoms with Gasteiger partial charge in [0.1, 0.15) is 11.9 Å². The number of alkyl halides is 3. The summed E-state index contributed by atoms with van der Waals surface area (Å²) in [6, 6.07) is 2.00. The molecule has 28 heavy (non-hydrogen) atoms. The minimum absolute atomic E-state index is 0.00415. The lowest BCUT2D eigenvalue weighted by Crippen LogP contribution is -2.45. The van der Waals surface area contributed by atoms with Crippen molar-refractivity contribution in [2.45, 2.75) is 38.7 Å². The Morgan fingerprint density at radius 1 is 1.14 bits per heavy atom. The van der Waals surface area contributed by atoms with Crippen molar-refractivity contribution in [1.82, 2.24) is 24.6 Å². The van der Waals surface area contributed by atoms with Crippen LogP contribution in [0.5, 0.6) is 0 Å². The zero-order valence-corrected chi connectivity index (χ0v) is 15.9. The number of aryl methyl sites for hydroxylation is 1. The minimum atomic E-state index is -4.51. The molecule has 5 nitrogen and oxygen atoms in total. The standard InChI is InChI=1S/C18H17F4N5S/c1-10-9-23-17(28-10)16-25-24-15-11(2)26(7-8-27(15)16)14(18(20,21)22)12-3-5-13(19)6-4-12/h3-6,9,11,14H,7-8H2,1-2H3/t11-,14?/m1/s1. The number of aromatic nitrogens is 4. The van der Waals surface area contributed by atoms with E-state index in [2.05, 4.69) is 15.2 Å². The molecule has 0 bridgehead atoms. The Balaban J connectivity index is 1.70. The summed E-state index contributed by atoms with van der Waals surface area (Å²) in [5.74, 6) is 0.467. The van der Waals surface area contributed by atoms with Crippen molar-refractivity contribution < 1.29 is 17.6 Å². The van der Waals surface area contributed by atoms with Gasteiger partial charge in [-0.2, -0.15) is 13.2 Å². The van der Waals surface area contributed by atoms with Crippen LogP contribution in [0.4, 0.5) is 17.6 Å². The van der Waals surface area contributed by atoms with Gasteiger partial charge >= 0.3 is 6.18 Å². The first-order valence-corrected chi connectivity index (χ1v) is 9.51. The molecular weight excluding hydrogens is 394 g/mol. The molecule has 2 atom stereocenters. The molecule has 0 radical (unpaired) electrons. The second kappa shape index (κ2) is 6.93. The van der Waals surface area contributed by atoms with Gasteiger partial charge in [-0.1, -0.05) is 12.1 Å². The highest BCUT2D eigenvalue weighted by Crippen LogP contribution is 2.43. The van der Waals surface area contributed by atoms with Crippen LogP contribution in [0.3, 0.4) is 0 Å². The van der Waals surface area contributed by atoms with Gasteiger partial charge in [-0.3, -0.25) is 4.90 Å². The number of thiazole rings is 1. The lowest BCUT2D eigenvalue weighted by Gasteiger charge is -2.40. The van der Waals surface area contributed by atoms with Gasteiger partial charge in [0.25, 0.3) is 0 Å². The monoisotopic (exact) mass is 411 g/mol. The Morgan fingerprint density at radius 3 is 2.46 bits per heavy atom. The number of hydrogen-bond donors (Lipinski definition) is 0. The molecular formula is C18H17F4N5S. The maximum atomic E-state index is 13.9. The fraction of sp³-hybridized carbons (Fsp3) is 0.389. The van der Waals surface area contributed by atoms with Crippen molar-refractivity contribution in [3.63, 3.8) is 0 Å². The quantitative estimate of drug-likeness (QED) is 0.594. The largest absolute Gasteiger partial charge is 0.408 e. The van der Waals surface area contributed by atoms with Crippen LogP contribution in [-0.2, 0) is 6.54 Å². The van der Waals surface area contributed by atoms with Gasteiger partial charge in [-0.25, -0.2) is 9.37 Å². The fourth-order valence-electron chi connectivity index (χ4n) is 3.58. The molecule has 0 aliphatic carbocycles. The second-order valence-electron chi connectivity index (χ2n) is 6.72. The van der Waals surface area contributed by atoms with Crippen molar-refractivity contribution in [2.24, 2.45) is 0 Å². The molecule has 0 fully saturated rings. The van der Waals surface area contributed by atoms with E-state index in [1.165, 1.54) is 28.4 Å². The Morgan fingerprint density at radius 2 is 1.86 bits per heavy atom. The van der Waals surface area contributed by atoms with Crippen molar-refractivity contribution in [2.75, 3.05) is 6.54 Å². The van der Waals surface area contributed by atoms with E-state index >= 15 is 0 Å².